The molecule has 0 saturated carbocycles. The highest BCUT2D eigenvalue weighted by molar-refractivity contribution is 5.56. The van der Waals surface area contributed by atoms with Crippen LogP contribution in [0.25, 0.3) is 5.69 Å². The number of hydrogen-bond acceptors (Lipinski definition) is 3. The first-order valence-corrected chi connectivity index (χ1v) is 6.49. The lowest BCUT2D eigenvalue weighted by Gasteiger charge is -2.09. The van der Waals surface area contributed by atoms with Gasteiger partial charge in [-0.2, -0.15) is 10.4 Å². The van der Waals surface area contributed by atoms with Gasteiger partial charge in [0.25, 0.3) is 0 Å². The van der Waals surface area contributed by atoms with Crippen molar-refractivity contribution in [2.24, 2.45) is 0 Å². The van der Waals surface area contributed by atoms with Crippen LogP contribution in [0.1, 0.15) is 36.4 Å². The normalized spacial score (nSPS) is 10.4. The Morgan fingerprint density at radius 1 is 1.32 bits per heavy atom. The molecule has 4 heteroatoms. The zero-order chi connectivity index (χ0) is 14.0. The second kappa shape index (κ2) is 5.15. The molecule has 4 nitrogen and oxygen atoms in total. The van der Waals surface area contributed by atoms with Crippen molar-refractivity contribution in [1.29, 1.82) is 5.26 Å². The minimum atomic E-state index is 0.616. The van der Waals surface area contributed by atoms with E-state index in [1.165, 1.54) is 0 Å². The van der Waals surface area contributed by atoms with Gasteiger partial charge < -0.3 is 5.73 Å². The zero-order valence-electron chi connectivity index (χ0n) is 11.6. The van der Waals surface area contributed by atoms with Crippen molar-refractivity contribution in [3.8, 4) is 11.8 Å². The maximum atomic E-state index is 9.25. The number of aromatic nitrogens is 2. The lowest BCUT2D eigenvalue weighted by Crippen LogP contribution is -2.05. The molecule has 0 unspecified atom stereocenters. The Bertz CT molecular complexity index is 647. The molecule has 1 aromatic carbocycles. The molecule has 98 valence electrons. The number of aryl methyl sites for hydroxylation is 2. The van der Waals surface area contributed by atoms with E-state index in [1.807, 2.05) is 43.7 Å². The number of hydrogen-bond donors (Lipinski definition) is 1. The van der Waals surface area contributed by atoms with Gasteiger partial charge in [0.2, 0.25) is 0 Å². The van der Waals surface area contributed by atoms with E-state index >= 15 is 0 Å². The van der Waals surface area contributed by atoms with Gasteiger partial charge >= 0.3 is 0 Å². The maximum absolute atomic E-state index is 9.25. The Balaban J connectivity index is 2.72. The Labute approximate surface area is 113 Å². The predicted molar refractivity (Wildman–Crippen MR) is 76.2 cm³/mol. The molecule has 2 N–H and O–H groups in total. The van der Waals surface area contributed by atoms with Crippen molar-refractivity contribution < 1.29 is 0 Å². The molecule has 0 fully saturated rings. The second-order valence-corrected chi connectivity index (χ2v) is 4.56. The molecule has 0 bridgehead atoms. The summed E-state index contributed by atoms with van der Waals surface area (Å²) < 4.78 is 1.82. The van der Waals surface area contributed by atoms with Gasteiger partial charge in [0.15, 0.2) is 0 Å². The van der Waals surface area contributed by atoms with Crippen molar-refractivity contribution >= 4 is 5.69 Å². The van der Waals surface area contributed by atoms with Crippen LogP contribution in [0.4, 0.5) is 5.69 Å². The summed E-state index contributed by atoms with van der Waals surface area (Å²) in [6.45, 7) is 6.08. The quantitative estimate of drug-likeness (QED) is 0.915. The summed E-state index contributed by atoms with van der Waals surface area (Å²) >= 11 is 0. The first-order valence-electron chi connectivity index (χ1n) is 6.49. The lowest BCUT2D eigenvalue weighted by molar-refractivity contribution is 0.791. The summed E-state index contributed by atoms with van der Waals surface area (Å²) in [6, 6.07) is 7.95. The van der Waals surface area contributed by atoms with Gasteiger partial charge in [0, 0.05) is 0 Å². The third kappa shape index (κ3) is 2.19. The average molecular weight is 254 g/mol. The summed E-state index contributed by atoms with van der Waals surface area (Å²) in [5, 5.41) is 13.8. The number of rotatable bonds is 3. The van der Waals surface area contributed by atoms with Crippen molar-refractivity contribution in [3.05, 3.63) is 40.7 Å². The van der Waals surface area contributed by atoms with Crippen LogP contribution < -0.4 is 5.73 Å². The highest BCUT2D eigenvalue weighted by Gasteiger charge is 2.16. The van der Waals surface area contributed by atoms with Gasteiger partial charge in [-0.25, -0.2) is 4.68 Å². The number of nitrogens with zero attached hydrogens (tertiary/aromatic N) is 3. The van der Waals surface area contributed by atoms with E-state index in [0.717, 1.165) is 41.2 Å². The van der Waals surface area contributed by atoms with Gasteiger partial charge in [0.05, 0.1) is 28.3 Å². The molecular weight excluding hydrogens is 236 g/mol. The molecule has 0 spiro atoms. The number of nitrogen functional groups attached to an aromatic ring is 1. The Kier molecular flexibility index (Phi) is 3.57. The number of nitriles is 1. The van der Waals surface area contributed by atoms with Crippen molar-refractivity contribution in [1.82, 2.24) is 9.78 Å². The van der Waals surface area contributed by atoms with Crippen LogP contribution in [-0.2, 0) is 12.8 Å². The summed E-state index contributed by atoms with van der Waals surface area (Å²) in [5.41, 5.74) is 11.3. The van der Waals surface area contributed by atoms with Gasteiger partial charge in [-0.1, -0.05) is 19.9 Å². The fraction of sp³-hybridized carbons (Fsp3) is 0.333. The predicted octanol–water partition coefficient (Wildman–Crippen LogP) is 2.76. The molecule has 2 aromatic rings. The molecule has 0 radical (unpaired) electrons. The molecule has 0 aliphatic rings. The molecular formula is C15H18N4. The SMILES string of the molecule is CCc1nn(-c2cc(C)ccc2C#N)c(CC)c1N. The van der Waals surface area contributed by atoms with Crippen LogP contribution in [0, 0.1) is 18.3 Å². The highest BCUT2D eigenvalue weighted by atomic mass is 15.3. The molecule has 0 atom stereocenters. The average Bonchev–Trinajstić information content (AvgIpc) is 2.74. The number of nitrogens with two attached hydrogens (primary N) is 1. The number of anilines is 1. The molecule has 0 aliphatic heterocycles. The van der Waals surface area contributed by atoms with Crippen LogP contribution in [0.15, 0.2) is 18.2 Å². The maximum Gasteiger partial charge on any atom is 0.101 e. The molecule has 0 amide bonds. The Hall–Kier alpha value is -2.28. The largest absolute Gasteiger partial charge is 0.396 e. The summed E-state index contributed by atoms with van der Waals surface area (Å²) in [7, 11) is 0. The van der Waals surface area contributed by atoms with Gasteiger partial charge in [-0.15, -0.1) is 0 Å². The second-order valence-electron chi connectivity index (χ2n) is 4.56. The van der Waals surface area contributed by atoms with Gasteiger partial charge in [0.1, 0.15) is 6.07 Å². The Morgan fingerprint density at radius 2 is 2.05 bits per heavy atom. The third-order valence-corrected chi connectivity index (χ3v) is 3.27. The summed E-state index contributed by atoms with van der Waals surface area (Å²) in [4.78, 5) is 0. The van der Waals surface area contributed by atoms with E-state index in [9.17, 15) is 5.26 Å². The van der Waals surface area contributed by atoms with Crippen LogP contribution in [0.2, 0.25) is 0 Å². The first-order chi connectivity index (χ1) is 9.12. The van der Waals surface area contributed by atoms with E-state index in [-0.39, 0.29) is 0 Å². The molecule has 19 heavy (non-hydrogen) atoms. The van der Waals surface area contributed by atoms with E-state index in [1.54, 1.807) is 0 Å². The van der Waals surface area contributed by atoms with Gasteiger partial charge in [-0.05, 0) is 37.5 Å². The van der Waals surface area contributed by atoms with Crippen molar-refractivity contribution in [2.75, 3.05) is 5.73 Å². The molecule has 1 heterocycles. The van der Waals surface area contributed by atoms with Crippen LogP contribution in [-0.4, -0.2) is 9.78 Å². The topological polar surface area (TPSA) is 67.6 Å². The molecule has 2 rings (SSSR count). The minimum absolute atomic E-state index is 0.616. The van der Waals surface area contributed by atoms with E-state index in [2.05, 4.69) is 11.2 Å². The van der Waals surface area contributed by atoms with Gasteiger partial charge in [-0.3, -0.25) is 0 Å². The Morgan fingerprint density at radius 3 is 2.63 bits per heavy atom. The molecule has 0 saturated heterocycles. The van der Waals surface area contributed by atoms with E-state index in [4.69, 9.17) is 5.73 Å². The third-order valence-electron chi connectivity index (χ3n) is 3.27. The van der Waals surface area contributed by atoms with Crippen molar-refractivity contribution in [2.45, 2.75) is 33.6 Å². The van der Waals surface area contributed by atoms with Crippen LogP contribution in [0.5, 0.6) is 0 Å². The van der Waals surface area contributed by atoms with E-state index < -0.39 is 0 Å². The smallest absolute Gasteiger partial charge is 0.101 e. The van der Waals surface area contributed by atoms with Crippen LogP contribution in [0.3, 0.4) is 0 Å². The molecule has 1 aromatic heterocycles. The monoisotopic (exact) mass is 254 g/mol. The zero-order valence-corrected chi connectivity index (χ0v) is 11.6. The van der Waals surface area contributed by atoms with Crippen molar-refractivity contribution in [3.63, 3.8) is 0 Å². The molecule has 0 aliphatic carbocycles. The lowest BCUT2D eigenvalue weighted by atomic mass is 10.1. The fourth-order valence-electron chi connectivity index (χ4n) is 2.23. The number of benzene rings is 1. The first kappa shape index (κ1) is 13.2. The fourth-order valence-corrected chi connectivity index (χ4v) is 2.23. The van der Waals surface area contributed by atoms with E-state index in [0.29, 0.717) is 5.56 Å². The highest BCUT2D eigenvalue weighted by Crippen LogP contribution is 2.24. The summed E-state index contributed by atoms with van der Waals surface area (Å²) in [6.07, 6.45) is 1.58. The standard InChI is InChI=1S/C15H18N4/c1-4-12-15(17)13(5-2)19(18-12)14-8-10(3)6-7-11(14)9-16/h6-8H,4-5,17H2,1-3H3. The van der Waals surface area contributed by atoms with Crippen LogP contribution >= 0.6 is 0 Å². The summed E-state index contributed by atoms with van der Waals surface area (Å²) in [5.74, 6) is 0. The minimum Gasteiger partial charge on any atom is -0.396 e.